The van der Waals surface area contributed by atoms with E-state index in [1.807, 2.05) is 28.2 Å². The number of hydrogen-bond donors (Lipinski definition) is 0. The molecule has 0 saturated carbocycles. The monoisotopic (exact) mass is 269 g/mol. The predicted molar refractivity (Wildman–Crippen MR) is 82.8 cm³/mol. The number of piperidine rings is 1. The van der Waals surface area contributed by atoms with Gasteiger partial charge in [-0.3, -0.25) is 4.99 Å². The smallest absolute Gasteiger partial charge is 0.195 e. The van der Waals surface area contributed by atoms with Gasteiger partial charge < -0.3 is 19.6 Å². The Labute approximate surface area is 118 Å². The van der Waals surface area contributed by atoms with Gasteiger partial charge in [0.25, 0.3) is 0 Å². The van der Waals surface area contributed by atoms with Gasteiger partial charge in [-0.15, -0.1) is 0 Å². The fourth-order valence-corrected chi connectivity index (χ4v) is 2.63. The quantitative estimate of drug-likeness (QED) is 0.548. The van der Waals surface area contributed by atoms with Crippen LogP contribution in [0.1, 0.15) is 12.8 Å². The molecule has 0 spiro atoms. The molecule has 1 heterocycles. The van der Waals surface area contributed by atoms with Crippen LogP contribution in [-0.4, -0.2) is 100 Å². The SMILES string of the molecule is CN(C)C(=NCCN1CCC(N(C)C)CC1)N(C)C. The zero-order chi connectivity index (χ0) is 14.4. The summed E-state index contributed by atoms with van der Waals surface area (Å²) in [5, 5.41) is 0. The molecule has 1 rings (SSSR count). The highest BCUT2D eigenvalue weighted by molar-refractivity contribution is 5.79. The maximum atomic E-state index is 4.69. The number of guanidine groups is 1. The second-order valence-corrected chi connectivity index (χ2v) is 6.01. The van der Waals surface area contributed by atoms with E-state index in [1.165, 1.54) is 25.9 Å². The van der Waals surface area contributed by atoms with Crippen molar-refractivity contribution in [2.75, 3.05) is 68.5 Å². The lowest BCUT2D eigenvalue weighted by atomic mass is 10.0. The molecular weight excluding hydrogens is 238 g/mol. The van der Waals surface area contributed by atoms with Gasteiger partial charge in [0.2, 0.25) is 0 Å². The first-order valence-electron chi connectivity index (χ1n) is 7.19. The molecule has 1 saturated heterocycles. The summed E-state index contributed by atoms with van der Waals surface area (Å²) >= 11 is 0. The van der Waals surface area contributed by atoms with Gasteiger partial charge in [-0.05, 0) is 40.0 Å². The summed E-state index contributed by atoms with van der Waals surface area (Å²) in [5.74, 6) is 1.04. The highest BCUT2D eigenvalue weighted by atomic mass is 15.3. The van der Waals surface area contributed by atoms with E-state index in [9.17, 15) is 0 Å². The van der Waals surface area contributed by atoms with Crippen LogP contribution in [0.5, 0.6) is 0 Å². The van der Waals surface area contributed by atoms with Gasteiger partial charge in [0, 0.05) is 40.8 Å². The fourth-order valence-electron chi connectivity index (χ4n) is 2.63. The number of rotatable bonds is 4. The Kier molecular flexibility index (Phi) is 6.58. The first kappa shape index (κ1) is 16.2. The molecule has 0 amide bonds. The molecule has 1 aliphatic heterocycles. The third-order valence-electron chi connectivity index (χ3n) is 3.76. The van der Waals surface area contributed by atoms with Crippen LogP contribution in [0, 0.1) is 0 Å². The van der Waals surface area contributed by atoms with Crippen molar-refractivity contribution >= 4 is 5.96 Å². The molecule has 0 bridgehead atoms. The summed E-state index contributed by atoms with van der Waals surface area (Å²) < 4.78 is 0. The first-order valence-corrected chi connectivity index (χ1v) is 7.19. The summed E-state index contributed by atoms with van der Waals surface area (Å²) in [6.07, 6.45) is 2.57. The lowest BCUT2D eigenvalue weighted by molar-refractivity contribution is 0.148. The van der Waals surface area contributed by atoms with E-state index in [2.05, 4.69) is 38.7 Å². The maximum absolute atomic E-state index is 4.69. The Morgan fingerprint density at radius 1 is 1.00 bits per heavy atom. The number of likely N-dealkylation sites (tertiary alicyclic amines) is 1. The Morgan fingerprint density at radius 3 is 1.95 bits per heavy atom. The van der Waals surface area contributed by atoms with Crippen molar-refractivity contribution in [2.24, 2.45) is 4.99 Å². The molecular formula is C14H31N5. The largest absolute Gasteiger partial charge is 0.349 e. The van der Waals surface area contributed by atoms with Crippen LogP contribution in [0.25, 0.3) is 0 Å². The van der Waals surface area contributed by atoms with Crippen LogP contribution in [0.2, 0.25) is 0 Å². The van der Waals surface area contributed by atoms with E-state index in [0.717, 1.165) is 25.1 Å². The number of nitrogens with zero attached hydrogens (tertiary/aromatic N) is 5. The van der Waals surface area contributed by atoms with E-state index >= 15 is 0 Å². The van der Waals surface area contributed by atoms with Crippen LogP contribution < -0.4 is 0 Å². The van der Waals surface area contributed by atoms with Crippen LogP contribution in [0.4, 0.5) is 0 Å². The summed E-state index contributed by atoms with van der Waals surface area (Å²) in [7, 11) is 12.5. The van der Waals surface area contributed by atoms with Crippen molar-refractivity contribution < 1.29 is 0 Å². The van der Waals surface area contributed by atoms with Crippen molar-refractivity contribution in [3.8, 4) is 0 Å². The van der Waals surface area contributed by atoms with Gasteiger partial charge in [0.1, 0.15) is 0 Å². The summed E-state index contributed by atoms with van der Waals surface area (Å²) in [5.41, 5.74) is 0. The highest BCUT2D eigenvalue weighted by Crippen LogP contribution is 2.13. The molecule has 19 heavy (non-hydrogen) atoms. The van der Waals surface area contributed by atoms with Crippen molar-refractivity contribution in [3.05, 3.63) is 0 Å². The molecule has 0 N–H and O–H groups in total. The molecule has 1 fully saturated rings. The minimum atomic E-state index is 0.763. The Morgan fingerprint density at radius 2 is 1.53 bits per heavy atom. The average Bonchev–Trinajstić information content (AvgIpc) is 2.34. The van der Waals surface area contributed by atoms with Crippen molar-refractivity contribution in [1.29, 1.82) is 0 Å². The highest BCUT2D eigenvalue weighted by Gasteiger charge is 2.19. The minimum Gasteiger partial charge on any atom is -0.349 e. The van der Waals surface area contributed by atoms with Crippen LogP contribution in [0.3, 0.4) is 0 Å². The van der Waals surface area contributed by atoms with Crippen LogP contribution in [-0.2, 0) is 0 Å². The van der Waals surface area contributed by atoms with Gasteiger partial charge in [0.05, 0.1) is 6.54 Å². The van der Waals surface area contributed by atoms with E-state index in [0.29, 0.717) is 0 Å². The normalized spacial score (nSPS) is 17.6. The van der Waals surface area contributed by atoms with Crippen molar-refractivity contribution in [3.63, 3.8) is 0 Å². The van der Waals surface area contributed by atoms with Gasteiger partial charge in [-0.2, -0.15) is 0 Å². The summed E-state index contributed by atoms with van der Waals surface area (Å²) in [6, 6.07) is 0.763. The first-order chi connectivity index (χ1) is 8.91. The molecule has 112 valence electrons. The van der Waals surface area contributed by atoms with Crippen molar-refractivity contribution in [2.45, 2.75) is 18.9 Å². The lowest BCUT2D eigenvalue weighted by Crippen LogP contribution is -2.43. The standard InChI is InChI=1S/C14H31N5/c1-16(2)13-7-10-19(11-8-13)12-9-15-14(17(3)4)18(5)6/h13H,7-12H2,1-6H3. The van der Waals surface area contributed by atoms with Gasteiger partial charge in [0.15, 0.2) is 5.96 Å². The molecule has 0 aromatic rings. The molecule has 1 aliphatic rings. The third-order valence-corrected chi connectivity index (χ3v) is 3.76. The zero-order valence-electron chi connectivity index (χ0n) is 13.6. The van der Waals surface area contributed by atoms with E-state index in [1.54, 1.807) is 0 Å². The minimum absolute atomic E-state index is 0.763. The molecule has 5 nitrogen and oxygen atoms in total. The van der Waals surface area contributed by atoms with Crippen LogP contribution >= 0.6 is 0 Å². The maximum Gasteiger partial charge on any atom is 0.195 e. The Balaban J connectivity index is 2.32. The average molecular weight is 269 g/mol. The topological polar surface area (TPSA) is 25.3 Å². The zero-order valence-corrected chi connectivity index (χ0v) is 13.6. The molecule has 5 heteroatoms. The molecule has 0 aromatic heterocycles. The lowest BCUT2D eigenvalue weighted by Gasteiger charge is -2.35. The predicted octanol–water partition coefficient (Wildman–Crippen LogP) is 0.492. The Hall–Kier alpha value is -0.810. The molecule has 0 radical (unpaired) electrons. The molecule has 0 atom stereocenters. The van der Waals surface area contributed by atoms with Crippen molar-refractivity contribution in [1.82, 2.24) is 19.6 Å². The van der Waals surface area contributed by atoms with Gasteiger partial charge in [-0.1, -0.05) is 0 Å². The van der Waals surface area contributed by atoms with Crippen LogP contribution in [0.15, 0.2) is 4.99 Å². The third kappa shape index (κ3) is 5.37. The van der Waals surface area contributed by atoms with E-state index < -0.39 is 0 Å². The van der Waals surface area contributed by atoms with E-state index in [4.69, 9.17) is 0 Å². The Bertz CT molecular complexity index is 268. The molecule has 0 aromatic carbocycles. The molecule has 0 aliphatic carbocycles. The van der Waals surface area contributed by atoms with Gasteiger partial charge >= 0.3 is 0 Å². The number of aliphatic imine (C=N–C) groups is 1. The fraction of sp³-hybridized carbons (Fsp3) is 0.929. The summed E-state index contributed by atoms with van der Waals surface area (Å²) in [6.45, 7) is 4.37. The number of hydrogen-bond acceptors (Lipinski definition) is 3. The summed E-state index contributed by atoms with van der Waals surface area (Å²) in [4.78, 5) is 13.7. The second kappa shape index (κ2) is 7.70. The second-order valence-electron chi connectivity index (χ2n) is 6.01. The van der Waals surface area contributed by atoms with Gasteiger partial charge in [-0.25, -0.2) is 0 Å². The van der Waals surface area contributed by atoms with E-state index in [-0.39, 0.29) is 0 Å². The molecule has 0 unspecified atom stereocenters.